The highest BCUT2D eigenvalue weighted by atomic mass is 16.7. The fraction of sp³-hybridized carbons (Fsp3) is 0.100. The number of rotatable bonds is 10. The van der Waals surface area contributed by atoms with Crippen LogP contribution in [0.3, 0.4) is 0 Å². The van der Waals surface area contributed by atoms with Crippen LogP contribution in [0.4, 0.5) is 22.4 Å². The molecule has 0 aliphatic carbocycles. The van der Waals surface area contributed by atoms with Crippen molar-refractivity contribution in [1.29, 1.82) is 0 Å². The van der Waals surface area contributed by atoms with Crippen molar-refractivity contribution >= 4 is 40.4 Å². The van der Waals surface area contributed by atoms with Crippen LogP contribution in [0, 0.1) is 0 Å². The van der Waals surface area contributed by atoms with E-state index in [2.05, 4.69) is 31.1 Å². The summed E-state index contributed by atoms with van der Waals surface area (Å²) in [6, 6.07) is 29.0. The monoisotopic (exact) mass is 550 g/mol. The lowest BCUT2D eigenvalue weighted by molar-refractivity contribution is -0.140. The summed E-state index contributed by atoms with van der Waals surface area (Å²) in [5, 5.41) is 7.22. The number of ether oxygens (including phenoxy) is 2. The highest BCUT2D eigenvalue weighted by molar-refractivity contribution is 5.99. The van der Waals surface area contributed by atoms with Gasteiger partial charge in [-0.3, -0.25) is 5.32 Å². The summed E-state index contributed by atoms with van der Waals surface area (Å²) in [6.07, 6.45) is 0.639. The van der Waals surface area contributed by atoms with Crippen molar-refractivity contribution in [2.75, 3.05) is 23.2 Å². The van der Waals surface area contributed by atoms with Gasteiger partial charge in [-0.15, -0.1) is 0 Å². The molecule has 11 nitrogen and oxygen atoms in total. The molecule has 3 N–H and O–H groups in total. The van der Waals surface area contributed by atoms with Crippen molar-refractivity contribution in [3.63, 3.8) is 0 Å². The number of methoxy groups -OCH3 is 1. The molecule has 206 valence electrons. The van der Waals surface area contributed by atoms with E-state index in [0.29, 0.717) is 23.6 Å². The quantitative estimate of drug-likeness (QED) is 0.180. The van der Waals surface area contributed by atoms with E-state index in [1.165, 1.54) is 7.11 Å². The number of nitrogens with zero attached hydrogens (tertiary/aromatic N) is 3. The average Bonchev–Trinajstić information content (AvgIpc) is 2.99. The molecule has 0 radical (unpaired) electrons. The van der Waals surface area contributed by atoms with Crippen molar-refractivity contribution in [2.45, 2.75) is 12.8 Å². The Hall–Kier alpha value is -5.71. The summed E-state index contributed by atoms with van der Waals surface area (Å²) in [4.78, 5) is 42.8. The Balaban J connectivity index is 1.32. The molecule has 0 atom stereocenters. The molecule has 5 rings (SSSR count). The first-order valence-corrected chi connectivity index (χ1v) is 12.7. The Morgan fingerprint density at radius 1 is 0.756 bits per heavy atom. The SMILES string of the molecule is COc1ccccc1NC(=O)Nc1nc(NOC(=O)CCc2ccccc2)nc(Oc2ccc3ccccc3c2)n1. The van der Waals surface area contributed by atoms with Gasteiger partial charge in [-0.2, -0.15) is 20.4 Å². The number of aryl methyl sites for hydroxylation is 1. The summed E-state index contributed by atoms with van der Waals surface area (Å²) in [5.74, 6) is 0.130. The van der Waals surface area contributed by atoms with Gasteiger partial charge in [0.2, 0.25) is 5.95 Å². The van der Waals surface area contributed by atoms with Crippen LogP contribution < -0.4 is 25.6 Å². The number of hydrogen-bond acceptors (Lipinski definition) is 9. The van der Waals surface area contributed by atoms with E-state index >= 15 is 0 Å². The molecular weight excluding hydrogens is 524 g/mol. The van der Waals surface area contributed by atoms with Crippen molar-refractivity contribution in [1.82, 2.24) is 15.0 Å². The van der Waals surface area contributed by atoms with Crippen molar-refractivity contribution in [3.05, 3.63) is 103 Å². The number of fused-ring (bicyclic) bond motifs is 1. The van der Waals surface area contributed by atoms with E-state index in [0.717, 1.165) is 16.3 Å². The van der Waals surface area contributed by atoms with E-state index in [-0.39, 0.29) is 24.3 Å². The minimum absolute atomic E-state index is 0.134. The van der Waals surface area contributed by atoms with Crippen molar-refractivity contribution in [3.8, 4) is 17.5 Å². The first kappa shape index (κ1) is 26.9. The second-order valence-corrected chi connectivity index (χ2v) is 8.72. The van der Waals surface area contributed by atoms with Crippen LogP contribution in [0.2, 0.25) is 0 Å². The summed E-state index contributed by atoms with van der Waals surface area (Å²) in [5.41, 5.74) is 3.88. The lowest BCUT2D eigenvalue weighted by Gasteiger charge is -2.12. The van der Waals surface area contributed by atoms with Gasteiger partial charge in [0.25, 0.3) is 5.95 Å². The van der Waals surface area contributed by atoms with Crippen LogP contribution in [0.5, 0.6) is 17.5 Å². The molecule has 0 unspecified atom stereocenters. The van der Waals surface area contributed by atoms with Crippen LogP contribution in [0.15, 0.2) is 97.1 Å². The molecule has 2 amide bonds. The smallest absolute Gasteiger partial charge is 0.332 e. The standard InChI is InChI=1S/C30H26N6O5/c1-39-25-14-8-7-13-24(25)31-29(38)33-27-32-28(36-41-26(37)18-15-20-9-3-2-4-10-20)35-30(34-27)40-23-17-16-21-11-5-6-12-22(21)19-23/h2-14,16-17,19H,15,18H2,1H3,(H3,31,32,33,34,35,36,38). The van der Waals surface area contributed by atoms with Gasteiger partial charge >= 0.3 is 18.0 Å². The largest absolute Gasteiger partial charge is 0.495 e. The van der Waals surface area contributed by atoms with E-state index < -0.39 is 12.0 Å². The Morgan fingerprint density at radius 2 is 1.49 bits per heavy atom. The molecule has 0 fully saturated rings. The number of amides is 2. The van der Waals surface area contributed by atoms with Gasteiger partial charge in [0, 0.05) is 0 Å². The minimum atomic E-state index is -0.636. The molecule has 0 bridgehead atoms. The van der Waals surface area contributed by atoms with Crippen molar-refractivity contribution < 1.29 is 23.9 Å². The number of nitrogens with one attached hydrogen (secondary N) is 3. The van der Waals surface area contributed by atoms with E-state index in [1.807, 2.05) is 66.7 Å². The van der Waals surface area contributed by atoms with E-state index in [1.54, 1.807) is 30.3 Å². The second-order valence-electron chi connectivity index (χ2n) is 8.72. The fourth-order valence-electron chi connectivity index (χ4n) is 3.89. The number of aromatic nitrogens is 3. The third kappa shape index (κ3) is 7.45. The predicted octanol–water partition coefficient (Wildman–Crippen LogP) is 5.97. The number of anilines is 3. The van der Waals surface area contributed by atoms with Gasteiger partial charge in [0.05, 0.1) is 19.2 Å². The molecule has 1 heterocycles. The Bertz CT molecular complexity index is 1660. The molecule has 0 spiro atoms. The number of benzene rings is 4. The highest BCUT2D eigenvalue weighted by Gasteiger charge is 2.15. The van der Waals surface area contributed by atoms with Crippen LogP contribution in [-0.4, -0.2) is 34.1 Å². The number of carbonyl (C=O) groups excluding carboxylic acids is 2. The minimum Gasteiger partial charge on any atom is -0.495 e. The topological polar surface area (TPSA) is 137 Å². The van der Waals surface area contributed by atoms with Gasteiger partial charge in [-0.1, -0.05) is 72.8 Å². The normalized spacial score (nSPS) is 10.5. The lowest BCUT2D eigenvalue weighted by Crippen LogP contribution is -2.22. The van der Waals surface area contributed by atoms with Gasteiger partial charge in [-0.25, -0.2) is 9.59 Å². The maximum absolute atomic E-state index is 12.7. The van der Waals surface area contributed by atoms with E-state index in [9.17, 15) is 9.59 Å². The summed E-state index contributed by atoms with van der Waals surface area (Å²) in [6.45, 7) is 0. The van der Waals surface area contributed by atoms with Crippen LogP contribution >= 0.6 is 0 Å². The fourth-order valence-corrected chi connectivity index (χ4v) is 3.89. The Labute approximate surface area is 235 Å². The third-order valence-electron chi connectivity index (χ3n) is 5.84. The maximum atomic E-state index is 12.7. The second kappa shape index (κ2) is 12.9. The molecule has 0 aliphatic heterocycles. The molecule has 41 heavy (non-hydrogen) atoms. The zero-order valence-corrected chi connectivity index (χ0v) is 22.0. The summed E-state index contributed by atoms with van der Waals surface area (Å²) >= 11 is 0. The van der Waals surface area contributed by atoms with Gasteiger partial charge in [-0.05, 0) is 47.0 Å². The predicted molar refractivity (Wildman–Crippen MR) is 154 cm³/mol. The lowest BCUT2D eigenvalue weighted by atomic mass is 10.1. The first-order chi connectivity index (χ1) is 20.1. The first-order valence-electron chi connectivity index (χ1n) is 12.7. The highest BCUT2D eigenvalue weighted by Crippen LogP contribution is 2.26. The van der Waals surface area contributed by atoms with Crippen LogP contribution in [0.25, 0.3) is 10.8 Å². The Kier molecular flexibility index (Phi) is 8.45. The Morgan fingerprint density at radius 3 is 2.32 bits per heavy atom. The average molecular weight is 551 g/mol. The molecule has 0 aliphatic rings. The number of para-hydroxylation sites is 2. The molecule has 1 aromatic heterocycles. The molecule has 4 aromatic carbocycles. The van der Waals surface area contributed by atoms with Gasteiger partial charge < -0.3 is 19.6 Å². The van der Waals surface area contributed by atoms with Crippen LogP contribution in [0.1, 0.15) is 12.0 Å². The summed E-state index contributed by atoms with van der Waals surface area (Å²) in [7, 11) is 1.50. The maximum Gasteiger partial charge on any atom is 0.332 e. The molecule has 0 saturated carbocycles. The number of carbonyl (C=O) groups is 2. The molecule has 5 aromatic rings. The van der Waals surface area contributed by atoms with Crippen LogP contribution in [-0.2, 0) is 16.1 Å². The third-order valence-corrected chi connectivity index (χ3v) is 5.84. The van der Waals surface area contributed by atoms with Crippen molar-refractivity contribution in [2.24, 2.45) is 0 Å². The number of hydrogen-bond donors (Lipinski definition) is 3. The molecular formula is C30H26N6O5. The zero-order valence-electron chi connectivity index (χ0n) is 22.0. The molecule has 0 saturated heterocycles. The van der Waals surface area contributed by atoms with Gasteiger partial charge in [0.1, 0.15) is 11.5 Å². The van der Waals surface area contributed by atoms with Gasteiger partial charge in [0.15, 0.2) is 0 Å². The van der Waals surface area contributed by atoms with E-state index in [4.69, 9.17) is 14.3 Å². The number of urea groups is 1. The summed E-state index contributed by atoms with van der Waals surface area (Å²) < 4.78 is 11.2. The molecule has 11 heteroatoms. The zero-order chi connectivity index (χ0) is 28.4.